The molecule has 0 radical (unpaired) electrons. The minimum Gasteiger partial charge on any atom is -0.502 e. The second kappa shape index (κ2) is 8.84. The number of benzene rings is 2. The Labute approximate surface area is 211 Å². The largest absolute Gasteiger partial charge is 0.502 e. The first-order valence-electron chi connectivity index (χ1n) is 11.6. The molecule has 2 N–H and O–H groups in total. The number of nitrogens with one attached hydrogen (secondary N) is 1. The number of hydrogen-bond donors (Lipinski definition) is 2. The number of methoxy groups -OCH3 is 2. The van der Waals surface area contributed by atoms with Gasteiger partial charge in [-0.25, -0.2) is 4.98 Å². The van der Waals surface area contributed by atoms with Gasteiger partial charge in [0.15, 0.2) is 23.0 Å². The van der Waals surface area contributed by atoms with Crippen LogP contribution in [0.1, 0.15) is 39.1 Å². The van der Waals surface area contributed by atoms with Crippen LogP contribution < -0.4 is 24.3 Å². The van der Waals surface area contributed by atoms with Crippen LogP contribution in [-0.2, 0) is 9.53 Å². The number of rotatable bonds is 5. The fourth-order valence-electron chi connectivity index (χ4n) is 5.47. The van der Waals surface area contributed by atoms with Crippen molar-refractivity contribution in [3.63, 3.8) is 0 Å². The van der Waals surface area contributed by atoms with Gasteiger partial charge in [-0.3, -0.25) is 14.6 Å². The molecule has 0 unspecified atom stereocenters. The molecule has 3 aromatic rings. The number of carbonyl (C=O) groups excluding carboxylic acids is 2. The van der Waals surface area contributed by atoms with Gasteiger partial charge in [0.25, 0.3) is 5.91 Å². The number of phenols is 1. The molecule has 0 bridgehead atoms. The van der Waals surface area contributed by atoms with Gasteiger partial charge in [-0.15, -0.1) is 0 Å². The van der Waals surface area contributed by atoms with Crippen LogP contribution in [0.4, 0.5) is 0 Å². The fourth-order valence-corrected chi connectivity index (χ4v) is 5.47. The molecule has 11 heteroatoms. The van der Waals surface area contributed by atoms with E-state index in [1.54, 1.807) is 12.1 Å². The minimum atomic E-state index is -0.640. The zero-order valence-electron chi connectivity index (χ0n) is 20.0. The molecule has 1 fully saturated rings. The predicted molar refractivity (Wildman–Crippen MR) is 126 cm³/mol. The Hall–Kier alpha value is -4.54. The molecule has 1 saturated heterocycles. The van der Waals surface area contributed by atoms with Gasteiger partial charge in [0.05, 0.1) is 39.0 Å². The lowest BCUT2D eigenvalue weighted by molar-refractivity contribution is -0.141. The van der Waals surface area contributed by atoms with E-state index in [0.717, 1.165) is 11.1 Å². The summed E-state index contributed by atoms with van der Waals surface area (Å²) < 4.78 is 27.6. The molecule has 190 valence electrons. The van der Waals surface area contributed by atoms with Crippen LogP contribution in [0.5, 0.6) is 28.7 Å². The summed E-state index contributed by atoms with van der Waals surface area (Å²) in [5, 5.41) is 13.5. The fraction of sp³-hybridized carbons (Fsp3) is 0.308. The summed E-state index contributed by atoms with van der Waals surface area (Å²) >= 11 is 0. The van der Waals surface area contributed by atoms with Crippen molar-refractivity contribution in [3.8, 4) is 28.7 Å². The Morgan fingerprint density at radius 3 is 2.38 bits per heavy atom. The molecule has 3 heterocycles. The van der Waals surface area contributed by atoms with E-state index in [1.165, 1.54) is 32.8 Å². The van der Waals surface area contributed by atoms with Gasteiger partial charge in [0, 0.05) is 24.2 Å². The van der Waals surface area contributed by atoms with Gasteiger partial charge in [-0.1, -0.05) is 0 Å². The summed E-state index contributed by atoms with van der Waals surface area (Å²) in [4.78, 5) is 34.4. The van der Waals surface area contributed by atoms with Gasteiger partial charge in [0.1, 0.15) is 5.69 Å². The van der Waals surface area contributed by atoms with E-state index in [1.807, 2.05) is 12.1 Å². The number of aromatic nitrogens is 2. The third-order valence-electron chi connectivity index (χ3n) is 7.13. The summed E-state index contributed by atoms with van der Waals surface area (Å²) in [6.07, 6.45) is 4.30. The van der Waals surface area contributed by atoms with Crippen molar-refractivity contribution in [3.05, 3.63) is 65.2 Å². The van der Waals surface area contributed by atoms with Crippen LogP contribution in [-0.4, -0.2) is 54.6 Å². The average Bonchev–Trinajstić information content (AvgIpc) is 3.54. The highest BCUT2D eigenvalue weighted by Crippen LogP contribution is 2.55. The topological polar surface area (TPSA) is 138 Å². The highest BCUT2D eigenvalue weighted by atomic mass is 16.7. The van der Waals surface area contributed by atoms with Crippen LogP contribution >= 0.6 is 0 Å². The molecule has 4 atom stereocenters. The van der Waals surface area contributed by atoms with Gasteiger partial charge >= 0.3 is 5.97 Å². The van der Waals surface area contributed by atoms with E-state index in [9.17, 15) is 14.7 Å². The molecule has 0 spiro atoms. The second-order valence-corrected chi connectivity index (χ2v) is 8.95. The molecule has 11 nitrogen and oxygen atoms in total. The molecule has 3 aliphatic rings. The minimum absolute atomic E-state index is 0.0648. The number of amides is 1. The van der Waals surface area contributed by atoms with E-state index >= 15 is 0 Å². The summed E-state index contributed by atoms with van der Waals surface area (Å²) in [5.74, 6) is -1.00. The number of ether oxygens (including phenoxy) is 5. The van der Waals surface area contributed by atoms with Crippen molar-refractivity contribution in [2.24, 2.45) is 11.8 Å². The Morgan fingerprint density at radius 1 is 1.03 bits per heavy atom. The first-order valence-corrected chi connectivity index (χ1v) is 11.6. The van der Waals surface area contributed by atoms with Crippen LogP contribution in [0.15, 0.2) is 42.9 Å². The van der Waals surface area contributed by atoms with E-state index in [4.69, 9.17) is 23.7 Å². The Kier molecular flexibility index (Phi) is 5.47. The highest BCUT2D eigenvalue weighted by molar-refractivity contribution is 5.92. The number of cyclic esters (lactones) is 1. The van der Waals surface area contributed by atoms with Crippen LogP contribution in [0, 0.1) is 11.8 Å². The third kappa shape index (κ3) is 3.65. The molecule has 37 heavy (non-hydrogen) atoms. The maximum Gasteiger partial charge on any atom is 0.310 e. The summed E-state index contributed by atoms with van der Waals surface area (Å²) in [6, 6.07) is 6.45. The Morgan fingerprint density at radius 2 is 1.73 bits per heavy atom. The molecule has 1 amide bonds. The summed E-state index contributed by atoms with van der Waals surface area (Å²) in [6.45, 7) is 0.181. The number of esters is 1. The van der Waals surface area contributed by atoms with Crippen molar-refractivity contribution < 1.29 is 38.4 Å². The zero-order chi connectivity index (χ0) is 25.7. The van der Waals surface area contributed by atoms with Crippen molar-refractivity contribution >= 4 is 11.9 Å². The van der Waals surface area contributed by atoms with Gasteiger partial charge in [-0.05, 0) is 41.0 Å². The van der Waals surface area contributed by atoms with E-state index < -0.39 is 29.7 Å². The predicted octanol–water partition coefficient (Wildman–Crippen LogP) is 2.33. The first kappa shape index (κ1) is 22.9. The Balaban J connectivity index is 1.53. The molecule has 2 aliphatic heterocycles. The smallest absolute Gasteiger partial charge is 0.310 e. The number of carbonyl (C=O) groups is 2. The molecule has 6 rings (SSSR count). The lowest BCUT2D eigenvalue weighted by Gasteiger charge is -2.39. The number of aromatic hydroxyl groups is 1. The molecular weight excluding hydrogens is 482 g/mol. The maximum atomic E-state index is 13.2. The Bertz CT molecular complexity index is 1370. The lowest BCUT2D eigenvalue weighted by Crippen LogP contribution is -2.43. The monoisotopic (exact) mass is 505 g/mol. The quantitative estimate of drug-likeness (QED) is 0.497. The molecule has 1 aromatic heterocycles. The number of fused-ring (bicyclic) bond motifs is 3. The van der Waals surface area contributed by atoms with Crippen molar-refractivity contribution in [2.75, 3.05) is 27.6 Å². The molecule has 0 saturated carbocycles. The van der Waals surface area contributed by atoms with Gasteiger partial charge in [-0.2, -0.15) is 0 Å². The van der Waals surface area contributed by atoms with E-state index in [-0.39, 0.29) is 42.3 Å². The number of phenolic OH excluding ortho intramolecular Hbond substituents is 1. The highest BCUT2D eigenvalue weighted by Gasteiger charge is 2.53. The van der Waals surface area contributed by atoms with Gasteiger partial charge in [0.2, 0.25) is 12.5 Å². The summed E-state index contributed by atoms with van der Waals surface area (Å²) in [7, 11) is 2.88. The van der Waals surface area contributed by atoms with E-state index in [0.29, 0.717) is 17.1 Å². The van der Waals surface area contributed by atoms with Crippen LogP contribution in [0.3, 0.4) is 0 Å². The average molecular weight is 505 g/mol. The molecule has 1 aliphatic carbocycles. The maximum absolute atomic E-state index is 13.2. The van der Waals surface area contributed by atoms with E-state index in [2.05, 4.69) is 15.3 Å². The van der Waals surface area contributed by atoms with Crippen molar-refractivity contribution in [1.82, 2.24) is 15.3 Å². The third-order valence-corrected chi connectivity index (χ3v) is 7.13. The standard InChI is InChI=1S/C26H23N3O8/c1-33-19-5-12(6-20(34-2)24(19)30)21-13-7-17-18(37-11-36-17)8-14(13)23(15-10-35-26(32)22(15)21)29-25(31)16-9-27-3-4-28-16/h3-9,15,21-23,30H,10-11H2,1-2H3,(H,29,31)/t15-,21+,22-,23+/m0/s1. The first-order chi connectivity index (χ1) is 18.0. The van der Waals surface area contributed by atoms with Crippen LogP contribution in [0.2, 0.25) is 0 Å². The lowest BCUT2D eigenvalue weighted by atomic mass is 9.65. The SMILES string of the molecule is COc1cc([C@@H]2c3cc4c(cc3[C@@H](NC(=O)c3cnccn3)[C@H]3COC(=O)[C@H]23)OCO4)cc(OC)c1O. The van der Waals surface area contributed by atoms with Crippen molar-refractivity contribution in [2.45, 2.75) is 12.0 Å². The van der Waals surface area contributed by atoms with Crippen molar-refractivity contribution in [1.29, 1.82) is 0 Å². The number of nitrogens with zero attached hydrogens (tertiary/aromatic N) is 2. The molecule has 2 aromatic carbocycles. The van der Waals surface area contributed by atoms with Gasteiger partial charge < -0.3 is 34.1 Å². The summed E-state index contributed by atoms with van der Waals surface area (Å²) in [5.41, 5.74) is 2.35. The zero-order valence-corrected chi connectivity index (χ0v) is 20.0. The number of hydrogen-bond acceptors (Lipinski definition) is 10. The molecular formula is C26H23N3O8. The normalized spacial score (nSPS) is 23.0. The second-order valence-electron chi connectivity index (χ2n) is 8.95. The van der Waals surface area contributed by atoms with Crippen LogP contribution in [0.25, 0.3) is 0 Å².